The molecular weight excluding hydrogens is 757 g/mol. The molecule has 0 radical (unpaired) electrons. The maximum absolute atomic E-state index is 13.2. The minimum Gasteiger partial charge on any atom is -0.454 e. The number of nitrogens with two attached hydrogens (primary N) is 1. The zero-order valence-corrected chi connectivity index (χ0v) is 35.2. The number of fused-ring (bicyclic) bond motifs is 4. The lowest BCUT2D eigenvalue weighted by atomic mass is 9.89. The second kappa shape index (κ2) is 14.6. The molecule has 12 nitrogen and oxygen atoms in total. The first kappa shape index (κ1) is 39.5. The van der Waals surface area contributed by atoms with E-state index in [1.807, 2.05) is 66.7 Å². The zero-order valence-electron chi connectivity index (χ0n) is 35.2. The fraction of sp³-hybridized carbons (Fsp3) is 0.375. The third-order valence-electron chi connectivity index (χ3n) is 12.7. The molecule has 2 aliphatic carbocycles. The first-order chi connectivity index (χ1) is 28.7. The summed E-state index contributed by atoms with van der Waals surface area (Å²) in [5, 5.41) is 8.43. The number of aromatic nitrogens is 2. The van der Waals surface area contributed by atoms with Crippen molar-refractivity contribution in [1.29, 1.82) is 0 Å². The van der Waals surface area contributed by atoms with Gasteiger partial charge < -0.3 is 50.2 Å². The summed E-state index contributed by atoms with van der Waals surface area (Å²) in [5.41, 5.74) is 12.8. The van der Waals surface area contributed by atoms with E-state index in [9.17, 15) is 9.59 Å². The number of nitrogens with zero attached hydrogens (tertiary/aromatic N) is 1. The van der Waals surface area contributed by atoms with Gasteiger partial charge in [0, 0.05) is 68.5 Å². The summed E-state index contributed by atoms with van der Waals surface area (Å²) in [6, 6.07) is 27.9. The number of rotatable bonds is 11. The molecule has 2 saturated carbocycles. The average Bonchev–Trinajstić information content (AvgIpc) is 3.91. The molecular formula is C48H54N6O6. The van der Waals surface area contributed by atoms with Crippen molar-refractivity contribution in [3.05, 3.63) is 107 Å². The van der Waals surface area contributed by atoms with Gasteiger partial charge in [-0.2, -0.15) is 0 Å². The van der Waals surface area contributed by atoms with E-state index in [-0.39, 0.29) is 36.2 Å². The van der Waals surface area contributed by atoms with Crippen molar-refractivity contribution in [3.8, 4) is 23.0 Å². The molecule has 4 aromatic carbocycles. The predicted octanol–water partition coefficient (Wildman–Crippen LogP) is 8.21. The van der Waals surface area contributed by atoms with E-state index >= 15 is 0 Å². The van der Waals surface area contributed by atoms with Crippen LogP contribution in [0.5, 0.6) is 23.0 Å². The van der Waals surface area contributed by atoms with Crippen LogP contribution in [0.25, 0.3) is 21.8 Å². The van der Waals surface area contributed by atoms with Gasteiger partial charge in [0.05, 0.1) is 10.8 Å². The Hall–Kier alpha value is -5.98. The van der Waals surface area contributed by atoms with E-state index in [2.05, 4.69) is 85.5 Å². The van der Waals surface area contributed by atoms with Crippen molar-refractivity contribution in [2.45, 2.75) is 75.0 Å². The van der Waals surface area contributed by atoms with E-state index in [4.69, 9.17) is 24.7 Å². The lowest BCUT2D eigenvalue weighted by Crippen LogP contribution is -2.32. The normalized spacial score (nSPS) is 16.7. The SMILES string of the molecule is CC(C)(CN)c1cc2cc(NC(=O)C3(c4ccc5c(c4)OCO5)CC3)ccc2[nH]1.CN(C)CC(C)(C)c1cc2cc(NC(=O)C3(c4ccc5c(c4)OCO5)CC3)ccc2[nH]1. The monoisotopic (exact) mass is 810 g/mol. The van der Waals surface area contributed by atoms with Gasteiger partial charge in [-0.15, -0.1) is 0 Å². The van der Waals surface area contributed by atoms with Crippen molar-refractivity contribution in [3.63, 3.8) is 0 Å². The molecule has 12 heteroatoms. The van der Waals surface area contributed by atoms with Crippen LogP contribution in [0.1, 0.15) is 75.9 Å². The van der Waals surface area contributed by atoms with Crippen molar-refractivity contribution in [2.24, 2.45) is 5.73 Å². The van der Waals surface area contributed by atoms with E-state index in [1.54, 1.807) is 0 Å². The molecule has 0 atom stereocenters. The van der Waals surface area contributed by atoms with Crippen LogP contribution >= 0.6 is 0 Å². The molecule has 2 aliphatic heterocycles. The highest BCUT2D eigenvalue weighted by Crippen LogP contribution is 2.52. The number of aromatic amines is 2. The third-order valence-corrected chi connectivity index (χ3v) is 12.7. The number of H-pyrrole nitrogens is 2. The molecule has 2 aromatic heterocycles. The number of anilines is 2. The quantitative estimate of drug-likeness (QED) is 0.0877. The summed E-state index contributed by atoms with van der Waals surface area (Å²) in [6.45, 7) is 10.7. The highest BCUT2D eigenvalue weighted by molar-refractivity contribution is 6.03. The lowest BCUT2D eigenvalue weighted by Gasteiger charge is -2.27. The molecule has 312 valence electrons. The first-order valence-electron chi connectivity index (χ1n) is 20.7. The standard InChI is InChI=1S/C25H29N3O3.C23H25N3O3/c1-24(2,14-28(3)4)22-12-16-11-18(6-7-19(16)27-22)26-23(29)25(9-10-25)17-5-8-20-21(13-17)31-15-30-20;1-22(2,12-24)20-10-14-9-16(4-5-17(14)26-20)25-21(27)23(7-8-23)15-3-6-18-19(11-15)29-13-28-18/h5-8,11-13,27H,9-10,14-15H2,1-4H3,(H,26,29);3-6,9-11,26H,7-8,12-13,24H2,1-2H3,(H,25,27). The van der Waals surface area contributed by atoms with Gasteiger partial charge >= 0.3 is 0 Å². The van der Waals surface area contributed by atoms with Gasteiger partial charge in [-0.25, -0.2) is 0 Å². The average molecular weight is 811 g/mol. The molecule has 2 fully saturated rings. The Kier molecular flexibility index (Phi) is 9.63. The van der Waals surface area contributed by atoms with E-state index in [0.717, 1.165) is 99.5 Å². The molecule has 0 unspecified atom stereocenters. The van der Waals surface area contributed by atoms with E-state index < -0.39 is 10.8 Å². The summed E-state index contributed by atoms with van der Waals surface area (Å²) >= 11 is 0. The van der Waals surface area contributed by atoms with Crippen LogP contribution in [0.2, 0.25) is 0 Å². The summed E-state index contributed by atoms with van der Waals surface area (Å²) in [5.74, 6) is 2.97. The Morgan fingerprint density at radius 2 is 1.05 bits per heavy atom. The number of hydrogen-bond donors (Lipinski definition) is 5. The summed E-state index contributed by atoms with van der Waals surface area (Å²) in [7, 11) is 4.18. The fourth-order valence-corrected chi connectivity index (χ4v) is 8.57. The van der Waals surface area contributed by atoms with Crippen LogP contribution in [-0.2, 0) is 31.2 Å². The minimum absolute atomic E-state index is 0.00333. The number of hydrogen-bond acceptors (Lipinski definition) is 8. The zero-order chi connectivity index (χ0) is 42.0. The number of amides is 2. The number of carbonyl (C=O) groups is 2. The lowest BCUT2D eigenvalue weighted by molar-refractivity contribution is -0.119. The molecule has 2 amide bonds. The van der Waals surface area contributed by atoms with Gasteiger partial charge in [0.1, 0.15) is 0 Å². The topological polar surface area (TPSA) is 156 Å². The summed E-state index contributed by atoms with van der Waals surface area (Å²) in [4.78, 5) is 35.5. The Morgan fingerprint density at radius 1 is 0.617 bits per heavy atom. The smallest absolute Gasteiger partial charge is 0.235 e. The van der Waals surface area contributed by atoms with Gasteiger partial charge in [0.25, 0.3) is 0 Å². The molecule has 4 aliphatic rings. The third kappa shape index (κ3) is 7.32. The van der Waals surface area contributed by atoms with Gasteiger partial charge in [0.2, 0.25) is 25.4 Å². The maximum Gasteiger partial charge on any atom is 0.235 e. The number of ether oxygens (including phenoxy) is 4. The second-order valence-corrected chi connectivity index (χ2v) is 18.4. The molecule has 6 N–H and O–H groups in total. The minimum atomic E-state index is -0.485. The van der Waals surface area contributed by atoms with Crippen LogP contribution in [0.4, 0.5) is 11.4 Å². The summed E-state index contributed by atoms with van der Waals surface area (Å²) in [6.07, 6.45) is 3.35. The highest BCUT2D eigenvalue weighted by Gasteiger charge is 2.52. The Labute approximate surface area is 350 Å². The second-order valence-electron chi connectivity index (χ2n) is 18.4. The molecule has 0 bridgehead atoms. The first-order valence-corrected chi connectivity index (χ1v) is 20.7. The molecule has 60 heavy (non-hydrogen) atoms. The molecule has 10 rings (SSSR count). The van der Waals surface area contributed by atoms with E-state index in [1.165, 1.54) is 5.69 Å². The molecule has 0 spiro atoms. The van der Waals surface area contributed by atoms with Crippen LogP contribution in [0, 0.1) is 0 Å². The van der Waals surface area contributed by atoms with Crippen molar-refractivity contribution >= 4 is 45.0 Å². The fourth-order valence-electron chi connectivity index (χ4n) is 8.57. The Bertz CT molecular complexity index is 2630. The molecule has 6 aromatic rings. The Balaban J connectivity index is 0.000000154. The van der Waals surface area contributed by atoms with Crippen molar-refractivity contribution in [2.75, 3.05) is 51.4 Å². The summed E-state index contributed by atoms with van der Waals surface area (Å²) < 4.78 is 21.8. The van der Waals surface area contributed by atoms with Crippen molar-refractivity contribution in [1.82, 2.24) is 14.9 Å². The Morgan fingerprint density at radius 3 is 1.47 bits per heavy atom. The highest BCUT2D eigenvalue weighted by atomic mass is 16.7. The van der Waals surface area contributed by atoms with Gasteiger partial charge in [-0.1, -0.05) is 39.8 Å². The van der Waals surface area contributed by atoms with Gasteiger partial charge in [-0.05, 0) is 124 Å². The number of nitrogens with one attached hydrogen (secondary N) is 4. The molecule has 0 saturated heterocycles. The number of benzene rings is 4. The van der Waals surface area contributed by atoms with Crippen LogP contribution < -0.4 is 35.3 Å². The number of likely N-dealkylation sites (N-methyl/N-ethyl adjacent to an activating group) is 1. The van der Waals surface area contributed by atoms with Crippen molar-refractivity contribution < 1.29 is 28.5 Å². The maximum atomic E-state index is 13.2. The van der Waals surface area contributed by atoms with Gasteiger partial charge in [-0.3, -0.25) is 9.59 Å². The van der Waals surface area contributed by atoms with Gasteiger partial charge in [0.15, 0.2) is 23.0 Å². The largest absolute Gasteiger partial charge is 0.454 e. The van der Waals surface area contributed by atoms with Crippen LogP contribution in [-0.4, -0.2) is 67.5 Å². The van der Waals surface area contributed by atoms with Crippen LogP contribution in [0.15, 0.2) is 84.9 Å². The van der Waals surface area contributed by atoms with Crippen LogP contribution in [0.3, 0.4) is 0 Å². The predicted molar refractivity (Wildman–Crippen MR) is 234 cm³/mol. The number of carbonyl (C=O) groups excluding carboxylic acids is 2. The molecule has 4 heterocycles. The van der Waals surface area contributed by atoms with E-state index in [0.29, 0.717) is 12.3 Å².